The Morgan fingerprint density at radius 1 is 1.18 bits per heavy atom. The molecule has 2 aromatic heterocycles. The number of likely N-dealkylation sites (tertiary alicyclic amines) is 1. The van der Waals surface area contributed by atoms with Gasteiger partial charge in [-0.05, 0) is 46.5 Å². The zero-order chi connectivity index (χ0) is 19.7. The van der Waals surface area contributed by atoms with Gasteiger partial charge in [-0.15, -0.1) is 0 Å². The molecule has 4 rings (SSSR count). The van der Waals surface area contributed by atoms with Crippen molar-refractivity contribution in [2.45, 2.75) is 57.9 Å². The third-order valence-corrected chi connectivity index (χ3v) is 5.71. The van der Waals surface area contributed by atoms with E-state index in [1.54, 1.807) is 12.4 Å². The first-order valence-corrected chi connectivity index (χ1v) is 10.4. The van der Waals surface area contributed by atoms with Crippen LogP contribution in [-0.4, -0.2) is 57.0 Å². The van der Waals surface area contributed by atoms with E-state index in [2.05, 4.69) is 40.4 Å². The summed E-state index contributed by atoms with van der Waals surface area (Å²) in [6, 6.07) is 0. The van der Waals surface area contributed by atoms with Crippen LogP contribution in [0.25, 0.3) is 5.65 Å². The summed E-state index contributed by atoms with van der Waals surface area (Å²) in [4.78, 5) is 24.0. The van der Waals surface area contributed by atoms with Crippen molar-refractivity contribution < 1.29 is 9.53 Å². The Bertz CT molecular complexity index is 827. The third kappa shape index (κ3) is 3.99. The van der Waals surface area contributed by atoms with Crippen LogP contribution in [0.15, 0.2) is 18.6 Å². The van der Waals surface area contributed by atoms with Gasteiger partial charge in [0.05, 0.1) is 11.9 Å². The quantitative estimate of drug-likeness (QED) is 0.879. The molecule has 7 nitrogen and oxygen atoms in total. The molecule has 0 spiro atoms. The smallest absolute Gasteiger partial charge is 0.225 e. The van der Waals surface area contributed by atoms with Crippen LogP contribution >= 0.6 is 0 Å². The van der Waals surface area contributed by atoms with Crippen molar-refractivity contribution >= 4 is 17.4 Å². The Hall–Kier alpha value is -2.15. The first kappa shape index (κ1) is 19.2. The number of imidazole rings is 1. The lowest BCUT2D eigenvalue weighted by molar-refractivity contribution is -0.139. The fraction of sp³-hybridized carbons (Fsp3) is 0.667. The Morgan fingerprint density at radius 2 is 1.89 bits per heavy atom. The monoisotopic (exact) mass is 385 g/mol. The fourth-order valence-electron chi connectivity index (χ4n) is 4.27. The molecule has 1 N–H and O–H groups in total. The second kappa shape index (κ2) is 7.70. The first-order chi connectivity index (χ1) is 13.4. The van der Waals surface area contributed by atoms with E-state index in [4.69, 9.17) is 9.72 Å². The van der Waals surface area contributed by atoms with Gasteiger partial charge in [-0.25, -0.2) is 4.98 Å². The van der Waals surface area contributed by atoms with Gasteiger partial charge in [0.25, 0.3) is 0 Å². The molecule has 28 heavy (non-hydrogen) atoms. The molecule has 0 bridgehead atoms. The number of nitrogens with one attached hydrogen (secondary N) is 1. The fourth-order valence-corrected chi connectivity index (χ4v) is 4.27. The summed E-state index contributed by atoms with van der Waals surface area (Å²) >= 11 is 0. The second-order valence-corrected chi connectivity index (χ2v) is 9.01. The summed E-state index contributed by atoms with van der Waals surface area (Å²) < 4.78 is 7.49. The molecule has 152 valence electrons. The maximum atomic E-state index is 12.8. The van der Waals surface area contributed by atoms with Crippen LogP contribution in [0.5, 0.6) is 0 Å². The van der Waals surface area contributed by atoms with E-state index in [0.29, 0.717) is 25.0 Å². The Kier molecular flexibility index (Phi) is 5.27. The summed E-state index contributed by atoms with van der Waals surface area (Å²) in [5.74, 6) is 1.86. The largest absolute Gasteiger partial charge is 0.381 e. The topological polar surface area (TPSA) is 71.8 Å². The van der Waals surface area contributed by atoms with Gasteiger partial charge in [0, 0.05) is 56.1 Å². The minimum Gasteiger partial charge on any atom is -0.381 e. The molecular weight excluding hydrogens is 354 g/mol. The zero-order valence-electron chi connectivity index (χ0n) is 17.1. The van der Waals surface area contributed by atoms with Crippen molar-refractivity contribution in [1.29, 1.82) is 0 Å². The highest BCUT2D eigenvalue weighted by Crippen LogP contribution is 2.35. The average molecular weight is 386 g/mol. The van der Waals surface area contributed by atoms with E-state index >= 15 is 0 Å². The van der Waals surface area contributed by atoms with Gasteiger partial charge >= 0.3 is 0 Å². The van der Waals surface area contributed by atoms with Crippen LogP contribution in [0, 0.1) is 5.92 Å². The predicted molar refractivity (Wildman–Crippen MR) is 108 cm³/mol. The number of carbonyl (C=O) groups excluding carboxylic acids is 1. The van der Waals surface area contributed by atoms with E-state index in [1.807, 2.05) is 6.20 Å². The Labute approximate surface area is 166 Å². The maximum absolute atomic E-state index is 12.8. The first-order valence-electron chi connectivity index (χ1n) is 10.4. The number of ether oxygens (including phenoxy) is 1. The predicted octanol–water partition coefficient (Wildman–Crippen LogP) is 3.07. The molecule has 1 amide bonds. The average Bonchev–Trinajstić information content (AvgIpc) is 3.05. The van der Waals surface area contributed by atoms with Crippen molar-refractivity contribution in [3.63, 3.8) is 0 Å². The van der Waals surface area contributed by atoms with Crippen molar-refractivity contribution in [2.75, 3.05) is 31.6 Å². The van der Waals surface area contributed by atoms with Gasteiger partial charge in [0.15, 0.2) is 5.65 Å². The van der Waals surface area contributed by atoms with Crippen molar-refractivity contribution in [1.82, 2.24) is 19.3 Å². The normalized spacial score (nSPS) is 19.9. The van der Waals surface area contributed by atoms with Crippen LogP contribution in [0.4, 0.5) is 5.82 Å². The lowest BCUT2D eigenvalue weighted by Gasteiger charge is -2.35. The van der Waals surface area contributed by atoms with Gasteiger partial charge in [-0.1, -0.05) is 0 Å². The van der Waals surface area contributed by atoms with Crippen molar-refractivity contribution in [3.8, 4) is 0 Å². The van der Waals surface area contributed by atoms with Gasteiger partial charge in [-0.3, -0.25) is 14.2 Å². The molecule has 4 heterocycles. The number of anilines is 1. The number of rotatable bonds is 3. The number of hydrogen-bond donors (Lipinski definition) is 1. The van der Waals surface area contributed by atoms with E-state index in [1.165, 1.54) is 0 Å². The number of hydrogen-bond acceptors (Lipinski definition) is 5. The highest BCUT2D eigenvalue weighted by atomic mass is 16.5. The summed E-state index contributed by atoms with van der Waals surface area (Å²) in [6.07, 6.45) is 9.18. The lowest BCUT2D eigenvalue weighted by Crippen LogP contribution is -2.43. The minimum absolute atomic E-state index is 0.0618. The summed E-state index contributed by atoms with van der Waals surface area (Å²) in [6.45, 7) is 9.52. The Balaban J connectivity index is 1.50. The van der Waals surface area contributed by atoms with Crippen molar-refractivity contribution in [2.24, 2.45) is 5.92 Å². The minimum atomic E-state index is -0.0618. The molecule has 2 aliphatic heterocycles. The van der Waals surface area contributed by atoms with Gasteiger partial charge < -0.3 is 15.0 Å². The summed E-state index contributed by atoms with van der Waals surface area (Å²) in [5, 5.41) is 3.63. The number of amides is 1. The molecule has 2 fully saturated rings. The third-order valence-electron chi connectivity index (χ3n) is 5.71. The molecular formula is C21H31N5O2. The number of nitrogens with zero attached hydrogens (tertiary/aromatic N) is 4. The van der Waals surface area contributed by atoms with E-state index in [-0.39, 0.29) is 11.5 Å². The van der Waals surface area contributed by atoms with Crippen LogP contribution in [0.2, 0.25) is 0 Å². The molecule has 0 atom stereocenters. The van der Waals surface area contributed by atoms with Gasteiger partial charge in [0.2, 0.25) is 5.91 Å². The summed E-state index contributed by atoms with van der Waals surface area (Å²) in [7, 11) is 0. The van der Waals surface area contributed by atoms with Crippen LogP contribution in [-0.2, 0) is 9.53 Å². The highest BCUT2D eigenvalue weighted by molar-refractivity contribution is 5.79. The zero-order valence-corrected chi connectivity index (χ0v) is 17.1. The second-order valence-electron chi connectivity index (χ2n) is 9.01. The molecule has 0 saturated carbocycles. The van der Waals surface area contributed by atoms with Crippen LogP contribution in [0.3, 0.4) is 0 Å². The van der Waals surface area contributed by atoms with E-state index < -0.39 is 0 Å². The maximum Gasteiger partial charge on any atom is 0.225 e. The molecule has 0 aromatic carbocycles. The van der Waals surface area contributed by atoms with Gasteiger partial charge in [0.1, 0.15) is 5.82 Å². The number of aromatic nitrogens is 3. The standard InChI is InChI=1S/C21H31N5O2/c1-21(2,3)24-19-18(23-17-14-22-8-11-26(17)19)15-4-9-25(10-5-15)20(27)16-6-12-28-13-7-16/h8,11,14-16,24H,4-7,9-10,12-13H2,1-3H3. The Morgan fingerprint density at radius 3 is 2.57 bits per heavy atom. The van der Waals surface area contributed by atoms with Gasteiger partial charge in [-0.2, -0.15) is 0 Å². The molecule has 0 radical (unpaired) electrons. The number of fused-ring (bicyclic) bond motifs is 1. The SMILES string of the molecule is CC(C)(C)Nc1c(C2CCN(C(=O)C3CCOCC3)CC2)nc2cnccn12. The number of carbonyl (C=O) groups is 1. The number of piperidine rings is 1. The molecule has 0 aliphatic carbocycles. The van der Waals surface area contributed by atoms with E-state index in [0.717, 1.165) is 55.9 Å². The molecule has 2 aliphatic rings. The van der Waals surface area contributed by atoms with Crippen LogP contribution < -0.4 is 5.32 Å². The molecule has 2 saturated heterocycles. The van der Waals surface area contributed by atoms with E-state index in [9.17, 15) is 4.79 Å². The summed E-state index contributed by atoms with van der Waals surface area (Å²) in [5.41, 5.74) is 1.90. The van der Waals surface area contributed by atoms with Crippen molar-refractivity contribution in [3.05, 3.63) is 24.3 Å². The molecule has 0 unspecified atom stereocenters. The molecule has 7 heteroatoms. The van der Waals surface area contributed by atoms with Crippen LogP contribution in [0.1, 0.15) is 58.1 Å². The lowest BCUT2D eigenvalue weighted by atomic mass is 9.91. The molecule has 2 aromatic rings. The highest BCUT2D eigenvalue weighted by Gasteiger charge is 2.32.